The number of aryl methyl sites for hydroxylation is 1. The summed E-state index contributed by atoms with van der Waals surface area (Å²) in [4.78, 5) is 38.6. The lowest BCUT2D eigenvalue weighted by molar-refractivity contribution is 0.0986. The minimum atomic E-state index is -0.690. The third-order valence-electron chi connectivity index (χ3n) is 4.49. The van der Waals surface area contributed by atoms with Gasteiger partial charge in [-0.3, -0.25) is 19.0 Å². The van der Waals surface area contributed by atoms with E-state index in [1.807, 2.05) is 31.2 Å². The van der Waals surface area contributed by atoms with Crippen LogP contribution in [0, 0.1) is 6.92 Å². The van der Waals surface area contributed by atoms with Gasteiger partial charge in [0.1, 0.15) is 9.71 Å². The van der Waals surface area contributed by atoms with E-state index < -0.39 is 5.91 Å². The Morgan fingerprint density at radius 1 is 0.964 bits per heavy atom. The van der Waals surface area contributed by atoms with E-state index in [0.29, 0.717) is 21.5 Å². The number of benzene rings is 2. The summed E-state index contributed by atoms with van der Waals surface area (Å²) in [5.41, 5.74) is 7.64. The molecule has 4 rings (SSSR count). The summed E-state index contributed by atoms with van der Waals surface area (Å²) in [5, 5.41) is 0.536. The molecule has 0 aliphatic rings. The van der Waals surface area contributed by atoms with E-state index in [-0.39, 0.29) is 21.8 Å². The molecule has 28 heavy (non-hydrogen) atoms. The standard InChI is InChI=1S/C22H16N2O3S/c1-13-6-5-7-14(12-13)19(26)18-16-10-11-17(25)24(15-8-3-2-4-9-15)22(16)28-20(18)21(23)27/h2-12H,1H3,(H2,23,27). The highest BCUT2D eigenvalue weighted by Gasteiger charge is 2.25. The molecule has 0 aliphatic heterocycles. The highest BCUT2D eigenvalue weighted by Crippen LogP contribution is 2.33. The molecule has 2 aromatic heterocycles. The van der Waals surface area contributed by atoms with E-state index in [9.17, 15) is 14.4 Å². The number of aromatic nitrogens is 1. The Morgan fingerprint density at radius 3 is 2.39 bits per heavy atom. The van der Waals surface area contributed by atoms with Crippen molar-refractivity contribution in [2.45, 2.75) is 6.92 Å². The highest BCUT2D eigenvalue weighted by molar-refractivity contribution is 7.21. The Hall–Kier alpha value is -3.51. The lowest BCUT2D eigenvalue weighted by atomic mass is 9.99. The number of thiophene rings is 1. The van der Waals surface area contributed by atoms with Crippen LogP contribution in [0.15, 0.2) is 71.5 Å². The second-order valence-corrected chi connectivity index (χ2v) is 7.43. The Labute approximate surface area is 164 Å². The van der Waals surface area contributed by atoms with Gasteiger partial charge in [-0.15, -0.1) is 11.3 Å². The van der Waals surface area contributed by atoms with E-state index in [1.165, 1.54) is 10.6 Å². The summed E-state index contributed by atoms with van der Waals surface area (Å²) in [7, 11) is 0. The number of nitrogens with zero attached hydrogens (tertiary/aromatic N) is 1. The number of primary amides is 1. The Balaban J connectivity index is 2.04. The first-order chi connectivity index (χ1) is 13.5. The van der Waals surface area contributed by atoms with E-state index in [2.05, 4.69) is 0 Å². The van der Waals surface area contributed by atoms with Gasteiger partial charge < -0.3 is 5.73 Å². The minimum absolute atomic E-state index is 0.150. The second kappa shape index (κ2) is 6.90. The fourth-order valence-electron chi connectivity index (χ4n) is 3.23. The van der Waals surface area contributed by atoms with Crippen molar-refractivity contribution in [2.24, 2.45) is 5.73 Å². The zero-order chi connectivity index (χ0) is 19.8. The van der Waals surface area contributed by atoms with Crippen molar-refractivity contribution in [3.63, 3.8) is 0 Å². The Kier molecular flexibility index (Phi) is 4.41. The zero-order valence-electron chi connectivity index (χ0n) is 15.0. The minimum Gasteiger partial charge on any atom is -0.365 e. The van der Waals surface area contributed by atoms with Gasteiger partial charge in [-0.25, -0.2) is 0 Å². The van der Waals surface area contributed by atoms with Crippen molar-refractivity contribution in [3.8, 4) is 5.69 Å². The predicted octanol–water partition coefficient (Wildman–Crippen LogP) is 3.69. The number of hydrogen-bond acceptors (Lipinski definition) is 4. The molecule has 0 aliphatic carbocycles. The SMILES string of the molecule is Cc1cccc(C(=O)c2c(C(N)=O)sc3c2ccc(=O)n3-c2ccccc2)c1. The van der Waals surface area contributed by atoms with Gasteiger partial charge in [-0.1, -0.05) is 42.0 Å². The van der Waals surface area contributed by atoms with Crippen molar-refractivity contribution in [2.75, 3.05) is 0 Å². The van der Waals surface area contributed by atoms with E-state index in [0.717, 1.165) is 16.9 Å². The zero-order valence-corrected chi connectivity index (χ0v) is 15.8. The molecule has 4 aromatic rings. The first-order valence-electron chi connectivity index (χ1n) is 8.62. The number of pyridine rings is 1. The average molecular weight is 388 g/mol. The molecule has 0 saturated carbocycles. The molecular weight excluding hydrogens is 372 g/mol. The first kappa shape index (κ1) is 17.9. The van der Waals surface area contributed by atoms with Crippen molar-refractivity contribution in [3.05, 3.63) is 98.7 Å². The number of ketones is 1. The van der Waals surface area contributed by atoms with Crippen LogP contribution < -0.4 is 11.3 Å². The van der Waals surface area contributed by atoms with Crippen LogP contribution in [-0.4, -0.2) is 16.3 Å². The number of rotatable bonds is 4. The smallest absolute Gasteiger partial charge is 0.259 e. The fourth-order valence-corrected chi connectivity index (χ4v) is 4.40. The average Bonchev–Trinajstić information content (AvgIpc) is 3.07. The summed E-state index contributed by atoms with van der Waals surface area (Å²) in [6, 6.07) is 19.2. The molecule has 0 saturated heterocycles. The lowest BCUT2D eigenvalue weighted by Gasteiger charge is -2.07. The molecule has 5 nitrogen and oxygen atoms in total. The quantitative estimate of drug-likeness (QED) is 0.541. The van der Waals surface area contributed by atoms with Gasteiger partial charge in [0.15, 0.2) is 5.78 Å². The van der Waals surface area contributed by atoms with Crippen LogP contribution in [0.1, 0.15) is 31.2 Å². The summed E-state index contributed by atoms with van der Waals surface area (Å²) < 4.78 is 1.50. The van der Waals surface area contributed by atoms with Crippen molar-refractivity contribution in [1.82, 2.24) is 4.57 Å². The molecule has 138 valence electrons. The van der Waals surface area contributed by atoms with Gasteiger partial charge in [-0.05, 0) is 31.2 Å². The normalized spacial score (nSPS) is 10.9. The molecule has 0 radical (unpaired) electrons. The van der Waals surface area contributed by atoms with Gasteiger partial charge in [0.05, 0.1) is 11.3 Å². The van der Waals surface area contributed by atoms with Crippen LogP contribution in [0.4, 0.5) is 0 Å². The molecule has 1 amide bonds. The number of fused-ring (bicyclic) bond motifs is 1. The molecule has 0 bridgehead atoms. The second-order valence-electron chi connectivity index (χ2n) is 6.43. The van der Waals surface area contributed by atoms with Crippen LogP contribution in [-0.2, 0) is 0 Å². The lowest BCUT2D eigenvalue weighted by Crippen LogP contribution is -2.16. The molecule has 0 unspecified atom stereocenters. The molecule has 6 heteroatoms. The van der Waals surface area contributed by atoms with Gasteiger partial charge in [0, 0.05) is 17.0 Å². The molecular formula is C22H16N2O3S. The number of carbonyl (C=O) groups is 2. The van der Waals surface area contributed by atoms with Gasteiger partial charge in [0.25, 0.3) is 11.5 Å². The molecule has 0 fully saturated rings. The van der Waals surface area contributed by atoms with E-state index in [4.69, 9.17) is 5.73 Å². The van der Waals surface area contributed by atoms with Crippen molar-refractivity contribution < 1.29 is 9.59 Å². The summed E-state index contributed by atoms with van der Waals surface area (Å²) in [6.45, 7) is 1.89. The topological polar surface area (TPSA) is 82.2 Å². The van der Waals surface area contributed by atoms with Crippen LogP contribution in [0.2, 0.25) is 0 Å². The fraction of sp³-hybridized carbons (Fsp3) is 0.0455. The van der Waals surface area contributed by atoms with Gasteiger partial charge >= 0.3 is 0 Å². The molecule has 0 spiro atoms. The van der Waals surface area contributed by atoms with Crippen molar-refractivity contribution in [1.29, 1.82) is 0 Å². The molecule has 0 atom stereocenters. The number of carbonyl (C=O) groups excluding carboxylic acids is 2. The monoisotopic (exact) mass is 388 g/mol. The number of nitrogens with two attached hydrogens (primary N) is 1. The van der Waals surface area contributed by atoms with Crippen LogP contribution in [0.3, 0.4) is 0 Å². The largest absolute Gasteiger partial charge is 0.365 e. The van der Waals surface area contributed by atoms with Crippen molar-refractivity contribution >= 4 is 33.2 Å². The predicted molar refractivity (Wildman–Crippen MR) is 111 cm³/mol. The third-order valence-corrected chi connectivity index (χ3v) is 5.69. The number of hydrogen-bond donors (Lipinski definition) is 1. The maximum Gasteiger partial charge on any atom is 0.259 e. The summed E-state index contributed by atoms with van der Waals surface area (Å²) in [6.07, 6.45) is 0. The Bertz CT molecular complexity index is 1290. The van der Waals surface area contributed by atoms with Gasteiger partial charge in [-0.2, -0.15) is 0 Å². The van der Waals surface area contributed by atoms with E-state index in [1.54, 1.807) is 36.4 Å². The third kappa shape index (κ3) is 2.93. The van der Waals surface area contributed by atoms with E-state index >= 15 is 0 Å². The molecule has 2 heterocycles. The maximum absolute atomic E-state index is 13.2. The maximum atomic E-state index is 13.2. The summed E-state index contributed by atoms with van der Waals surface area (Å²) in [5.74, 6) is -0.980. The first-order valence-corrected chi connectivity index (χ1v) is 9.44. The number of amides is 1. The molecule has 2 N–H and O–H groups in total. The highest BCUT2D eigenvalue weighted by atomic mass is 32.1. The summed E-state index contributed by atoms with van der Waals surface area (Å²) >= 11 is 1.06. The Morgan fingerprint density at radius 2 is 1.71 bits per heavy atom. The van der Waals surface area contributed by atoms with Crippen LogP contribution >= 0.6 is 11.3 Å². The molecule has 2 aromatic carbocycles. The van der Waals surface area contributed by atoms with Crippen LogP contribution in [0.5, 0.6) is 0 Å². The van der Waals surface area contributed by atoms with Crippen LogP contribution in [0.25, 0.3) is 15.9 Å². The number of para-hydroxylation sites is 1. The van der Waals surface area contributed by atoms with Gasteiger partial charge in [0.2, 0.25) is 0 Å².